The summed E-state index contributed by atoms with van der Waals surface area (Å²) in [7, 11) is 0. The highest BCUT2D eigenvalue weighted by atomic mass is 14.2. The van der Waals surface area contributed by atoms with Gasteiger partial charge < -0.3 is 0 Å². The minimum absolute atomic E-state index is 1.21. The van der Waals surface area contributed by atoms with Gasteiger partial charge in [-0.15, -0.1) is 0 Å². The SMILES string of the molecule is c1ccc(-c2ccc(-c3ccc4c(-c5ccc6ccccc6c5)c5ccccc5c(-c5ccc6ccccc6c5)c4c3)cc2)cc1. The lowest BCUT2D eigenvalue weighted by Gasteiger charge is -2.19. The Hall–Kier alpha value is -5.98. The second-order valence-corrected chi connectivity index (χ2v) is 12.1. The lowest BCUT2D eigenvalue weighted by atomic mass is 9.84. The highest BCUT2D eigenvalue weighted by Crippen LogP contribution is 2.45. The van der Waals surface area contributed by atoms with Gasteiger partial charge in [0.1, 0.15) is 0 Å². The Morgan fingerprint density at radius 3 is 1.17 bits per heavy atom. The Bertz CT molecular complexity index is 2560. The number of benzene rings is 9. The molecule has 0 aromatic heterocycles. The molecule has 0 fully saturated rings. The predicted molar refractivity (Wildman–Crippen MR) is 198 cm³/mol. The molecule has 0 aliphatic carbocycles. The molecule has 46 heavy (non-hydrogen) atoms. The van der Waals surface area contributed by atoms with E-state index in [2.05, 4.69) is 182 Å². The fraction of sp³-hybridized carbons (Fsp3) is 0. The van der Waals surface area contributed by atoms with Crippen molar-refractivity contribution in [1.82, 2.24) is 0 Å². The van der Waals surface area contributed by atoms with Gasteiger partial charge in [0.15, 0.2) is 0 Å². The number of rotatable bonds is 4. The fourth-order valence-corrected chi connectivity index (χ4v) is 7.16. The van der Waals surface area contributed by atoms with Crippen LogP contribution in [0.15, 0.2) is 182 Å². The molecule has 9 rings (SSSR count). The maximum absolute atomic E-state index is 2.41. The van der Waals surface area contributed by atoms with Crippen LogP contribution in [0, 0.1) is 0 Å². The van der Waals surface area contributed by atoms with Crippen LogP contribution < -0.4 is 0 Å². The van der Waals surface area contributed by atoms with E-state index in [1.165, 1.54) is 87.6 Å². The van der Waals surface area contributed by atoms with Crippen LogP contribution in [0.25, 0.3) is 87.6 Å². The Morgan fingerprint density at radius 1 is 0.196 bits per heavy atom. The molecule has 0 nitrogen and oxygen atoms in total. The van der Waals surface area contributed by atoms with E-state index in [0.717, 1.165) is 0 Å². The zero-order chi connectivity index (χ0) is 30.5. The monoisotopic (exact) mass is 582 g/mol. The third-order valence-electron chi connectivity index (χ3n) is 9.43. The van der Waals surface area contributed by atoms with Crippen LogP contribution in [0.3, 0.4) is 0 Å². The zero-order valence-corrected chi connectivity index (χ0v) is 25.3. The lowest BCUT2D eigenvalue weighted by Crippen LogP contribution is -1.92. The van der Waals surface area contributed by atoms with Crippen LogP contribution in [0.4, 0.5) is 0 Å². The van der Waals surface area contributed by atoms with Crippen molar-refractivity contribution in [2.24, 2.45) is 0 Å². The highest BCUT2D eigenvalue weighted by Gasteiger charge is 2.18. The molecule has 0 N–H and O–H groups in total. The van der Waals surface area contributed by atoms with E-state index in [1.807, 2.05) is 0 Å². The molecule has 0 amide bonds. The summed E-state index contributed by atoms with van der Waals surface area (Å²) in [6, 6.07) is 66.6. The smallest absolute Gasteiger partial charge is 0.00259 e. The van der Waals surface area contributed by atoms with Crippen LogP contribution in [-0.2, 0) is 0 Å². The molecule has 0 aliphatic heterocycles. The second kappa shape index (κ2) is 10.9. The van der Waals surface area contributed by atoms with E-state index in [-0.39, 0.29) is 0 Å². The normalized spacial score (nSPS) is 11.5. The molecule has 214 valence electrons. The Kier molecular flexibility index (Phi) is 6.25. The summed E-state index contributed by atoms with van der Waals surface area (Å²) < 4.78 is 0. The van der Waals surface area contributed by atoms with E-state index in [9.17, 15) is 0 Å². The van der Waals surface area contributed by atoms with Gasteiger partial charge in [-0.3, -0.25) is 0 Å². The van der Waals surface area contributed by atoms with Crippen LogP contribution >= 0.6 is 0 Å². The summed E-state index contributed by atoms with van der Waals surface area (Å²) in [6.07, 6.45) is 0. The molecule has 9 aromatic carbocycles. The molecule has 9 aromatic rings. The van der Waals surface area contributed by atoms with Crippen molar-refractivity contribution >= 4 is 43.1 Å². The maximum atomic E-state index is 2.41. The number of hydrogen-bond donors (Lipinski definition) is 0. The molecule has 0 bridgehead atoms. The minimum atomic E-state index is 1.21. The summed E-state index contributed by atoms with van der Waals surface area (Å²) in [5.74, 6) is 0. The third kappa shape index (κ3) is 4.47. The molecule has 0 unspecified atom stereocenters. The van der Waals surface area contributed by atoms with Gasteiger partial charge >= 0.3 is 0 Å². The predicted octanol–water partition coefficient (Wildman–Crippen LogP) is 13.0. The molecular weight excluding hydrogens is 553 g/mol. The average molecular weight is 583 g/mol. The van der Waals surface area contributed by atoms with Crippen molar-refractivity contribution in [3.8, 4) is 44.5 Å². The van der Waals surface area contributed by atoms with E-state index in [0.29, 0.717) is 0 Å². The van der Waals surface area contributed by atoms with E-state index >= 15 is 0 Å². The molecule has 0 heteroatoms. The van der Waals surface area contributed by atoms with Crippen molar-refractivity contribution in [3.05, 3.63) is 182 Å². The zero-order valence-electron chi connectivity index (χ0n) is 25.3. The molecule has 0 atom stereocenters. The van der Waals surface area contributed by atoms with Crippen LogP contribution in [-0.4, -0.2) is 0 Å². The topological polar surface area (TPSA) is 0 Å². The van der Waals surface area contributed by atoms with Crippen LogP contribution in [0.2, 0.25) is 0 Å². The molecule has 0 heterocycles. The van der Waals surface area contributed by atoms with Crippen molar-refractivity contribution in [2.75, 3.05) is 0 Å². The second-order valence-electron chi connectivity index (χ2n) is 12.1. The van der Waals surface area contributed by atoms with Gasteiger partial charge in [0.2, 0.25) is 0 Å². The van der Waals surface area contributed by atoms with Gasteiger partial charge in [0.25, 0.3) is 0 Å². The first-order valence-corrected chi connectivity index (χ1v) is 15.9. The van der Waals surface area contributed by atoms with Gasteiger partial charge in [0.05, 0.1) is 0 Å². The first kappa shape index (κ1) is 26.4. The van der Waals surface area contributed by atoms with Crippen molar-refractivity contribution in [2.45, 2.75) is 0 Å². The number of fused-ring (bicyclic) bond motifs is 4. The number of hydrogen-bond acceptors (Lipinski definition) is 0. The molecular formula is C46H30. The van der Waals surface area contributed by atoms with Crippen LogP contribution in [0.5, 0.6) is 0 Å². The van der Waals surface area contributed by atoms with Crippen molar-refractivity contribution in [1.29, 1.82) is 0 Å². The summed E-state index contributed by atoms with van der Waals surface area (Å²) in [5, 5.41) is 10.1. The minimum Gasteiger partial charge on any atom is -0.0622 e. The molecule has 0 saturated heterocycles. The quantitative estimate of drug-likeness (QED) is 0.181. The van der Waals surface area contributed by atoms with E-state index < -0.39 is 0 Å². The van der Waals surface area contributed by atoms with Gasteiger partial charge in [-0.25, -0.2) is 0 Å². The highest BCUT2D eigenvalue weighted by molar-refractivity contribution is 6.22. The first-order valence-electron chi connectivity index (χ1n) is 15.9. The van der Waals surface area contributed by atoms with Gasteiger partial charge in [-0.1, -0.05) is 164 Å². The van der Waals surface area contributed by atoms with Gasteiger partial charge in [0, 0.05) is 0 Å². The molecule has 0 saturated carbocycles. The van der Waals surface area contributed by atoms with Gasteiger partial charge in [-0.2, -0.15) is 0 Å². The average Bonchev–Trinajstić information content (AvgIpc) is 3.13. The summed E-state index contributed by atoms with van der Waals surface area (Å²) in [4.78, 5) is 0. The first-order chi connectivity index (χ1) is 22.8. The Balaban J connectivity index is 1.33. The molecule has 0 radical (unpaired) electrons. The Labute approximate surface area is 268 Å². The van der Waals surface area contributed by atoms with E-state index in [4.69, 9.17) is 0 Å². The van der Waals surface area contributed by atoms with Crippen molar-refractivity contribution in [3.63, 3.8) is 0 Å². The van der Waals surface area contributed by atoms with Crippen LogP contribution in [0.1, 0.15) is 0 Å². The Morgan fingerprint density at radius 2 is 0.587 bits per heavy atom. The molecule has 0 aliphatic rings. The summed E-state index contributed by atoms with van der Waals surface area (Å²) in [5.41, 5.74) is 9.94. The summed E-state index contributed by atoms with van der Waals surface area (Å²) >= 11 is 0. The maximum Gasteiger partial charge on any atom is -0.00259 e. The fourth-order valence-electron chi connectivity index (χ4n) is 7.16. The third-order valence-corrected chi connectivity index (χ3v) is 9.43. The summed E-state index contributed by atoms with van der Waals surface area (Å²) in [6.45, 7) is 0. The molecule has 0 spiro atoms. The largest absolute Gasteiger partial charge is 0.0622 e. The van der Waals surface area contributed by atoms with E-state index in [1.54, 1.807) is 0 Å². The lowest BCUT2D eigenvalue weighted by molar-refractivity contribution is 1.60. The standard InChI is InChI=1S/C46H30/c1-2-10-31(11-3-1)34-18-20-35(21-19-34)38-26-27-43-44(30-38)46(40-25-23-33-13-5-7-15-37(33)29-40)42-17-9-8-16-41(42)45(43)39-24-22-32-12-4-6-14-36(32)28-39/h1-30H. The van der Waals surface area contributed by atoms with Gasteiger partial charge in [-0.05, 0) is 106 Å². The van der Waals surface area contributed by atoms with Crippen molar-refractivity contribution < 1.29 is 0 Å².